The maximum absolute atomic E-state index is 12.8. The molecule has 0 fully saturated rings. The lowest BCUT2D eigenvalue weighted by Crippen LogP contribution is -2.35. The summed E-state index contributed by atoms with van der Waals surface area (Å²) in [5, 5.41) is 1.74. The number of methoxy groups -OCH3 is 1. The zero-order chi connectivity index (χ0) is 22.1. The molecule has 2 heterocycles. The van der Waals surface area contributed by atoms with E-state index in [4.69, 9.17) is 4.74 Å². The van der Waals surface area contributed by atoms with Crippen molar-refractivity contribution in [2.45, 2.75) is 22.9 Å². The summed E-state index contributed by atoms with van der Waals surface area (Å²) in [7, 11) is -5.74. The summed E-state index contributed by atoms with van der Waals surface area (Å²) in [6.45, 7) is 0.601. The number of nitrogens with one attached hydrogen (secondary N) is 1. The highest BCUT2D eigenvalue weighted by molar-refractivity contribution is 7.92. The molecule has 0 radical (unpaired) electrons. The highest BCUT2D eigenvalue weighted by Gasteiger charge is 2.29. The zero-order valence-electron chi connectivity index (χ0n) is 16.8. The minimum absolute atomic E-state index is 0.206. The first kappa shape index (κ1) is 21.8. The highest BCUT2D eigenvalue weighted by atomic mass is 32.2. The molecule has 0 bridgehead atoms. The molecule has 2 aromatic carbocycles. The van der Waals surface area contributed by atoms with Gasteiger partial charge >= 0.3 is 0 Å². The molecule has 0 saturated heterocycles. The number of rotatable bonds is 7. The fourth-order valence-corrected chi connectivity index (χ4v) is 7.35. The average Bonchev–Trinajstić information content (AvgIpc) is 3.29. The van der Waals surface area contributed by atoms with E-state index in [1.165, 1.54) is 22.8 Å². The molecule has 164 valence electrons. The molecule has 4 rings (SSSR count). The van der Waals surface area contributed by atoms with Crippen LogP contribution in [0.5, 0.6) is 5.75 Å². The van der Waals surface area contributed by atoms with Crippen molar-refractivity contribution in [3.05, 3.63) is 76.7 Å². The fraction of sp³-hybridized carbons (Fsp3) is 0.238. The number of hydrogen-bond acceptors (Lipinski definition) is 6. The molecule has 0 saturated carbocycles. The Kier molecular flexibility index (Phi) is 6.07. The molecule has 1 aliphatic rings. The van der Waals surface area contributed by atoms with E-state index in [1.54, 1.807) is 53.9 Å². The number of fused-ring (bicyclic) bond motifs is 1. The quantitative estimate of drug-likeness (QED) is 0.562. The van der Waals surface area contributed by atoms with Crippen LogP contribution in [-0.4, -0.2) is 34.8 Å². The molecule has 1 N–H and O–H groups in total. The van der Waals surface area contributed by atoms with E-state index in [0.717, 1.165) is 11.1 Å². The lowest BCUT2D eigenvalue weighted by molar-refractivity contribution is 0.392. The summed E-state index contributed by atoms with van der Waals surface area (Å²) in [5.74, 6) is 0.278. The summed E-state index contributed by atoms with van der Waals surface area (Å²) >= 11 is 1.19. The van der Waals surface area contributed by atoms with Gasteiger partial charge in [-0.25, -0.2) is 16.8 Å². The molecular weight excluding hydrogens is 456 g/mol. The Bertz CT molecular complexity index is 1290. The molecule has 0 unspecified atom stereocenters. The summed E-state index contributed by atoms with van der Waals surface area (Å²) in [6, 6.07) is 15.5. The van der Waals surface area contributed by atoms with E-state index in [1.807, 2.05) is 6.07 Å². The van der Waals surface area contributed by atoms with Gasteiger partial charge in [-0.15, -0.1) is 11.3 Å². The summed E-state index contributed by atoms with van der Waals surface area (Å²) in [4.78, 5) is 0. The van der Waals surface area contributed by atoms with Crippen LogP contribution < -0.4 is 9.46 Å². The zero-order valence-corrected chi connectivity index (χ0v) is 19.3. The summed E-state index contributed by atoms with van der Waals surface area (Å²) < 4.78 is 60.7. The van der Waals surface area contributed by atoms with Gasteiger partial charge in [0.1, 0.15) is 9.96 Å². The van der Waals surface area contributed by atoms with E-state index in [0.29, 0.717) is 34.2 Å². The second-order valence-corrected chi connectivity index (χ2v) is 12.0. The van der Waals surface area contributed by atoms with Gasteiger partial charge < -0.3 is 4.74 Å². The van der Waals surface area contributed by atoms with Crippen molar-refractivity contribution in [1.82, 2.24) is 4.31 Å². The monoisotopic (exact) mass is 478 g/mol. The molecule has 7 nitrogen and oxygen atoms in total. The van der Waals surface area contributed by atoms with E-state index in [9.17, 15) is 16.8 Å². The van der Waals surface area contributed by atoms with Crippen LogP contribution in [0.25, 0.3) is 0 Å². The lowest BCUT2D eigenvalue weighted by atomic mass is 10.0. The lowest BCUT2D eigenvalue weighted by Gasteiger charge is -2.28. The van der Waals surface area contributed by atoms with E-state index >= 15 is 0 Å². The second-order valence-electron chi connectivity index (χ2n) is 7.18. The number of nitrogens with zero attached hydrogens (tertiary/aromatic N) is 1. The number of para-hydroxylation sites is 1. The number of anilines is 1. The molecule has 31 heavy (non-hydrogen) atoms. The third-order valence-corrected chi connectivity index (χ3v) is 9.54. The van der Waals surface area contributed by atoms with Gasteiger partial charge in [-0.3, -0.25) is 4.72 Å². The van der Waals surface area contributed by atoms with Crippen molar-refractivity contribution in [1.29, 1.82) is 0 Å². The van der Waals surface area contributed by atoms with Crippen molar-refractivity contribution in [3.63, 3.8) is 0 Å². The molecule has 0 amide bonds. The van der Waals surface area contributed by atoms with Crippen LogP contribution in [0.4, 0.5) is 5.69 Å². The molecule has 1 aliphatic heterocycles. The Labute approximate surface area is 186 Å². The van der Waals surface area contributed by atoms with Crippen molar-refractivity contribution in [2.75, 3.05) is 18.4 Å². The van der Waals surface area contributed by atoms with Crippen LogP contribution in [0.1, 0.15) is 16.7 Å². The first-order valence-corrected chi connectivity index (χ1v) is 13.5. The Balaban J connectivity index is 1.53. The van der Waals surface area contributed by atoms with E-state index in [-0.39, 0.29) is 12.3 Å². The fourth-order valence-electron chi connectivity index (χ4n) is 3.58. The third kappa shape index (κ3) is 4.77. The van der Waals surface area contributed by atoms with Crippen LogP contribution in [0, 0.1) is 0 Å². The Morgan fingerprint density at radius 3 is 2.58 bits per heavy atom. The van der Waals surface area contributed by atoms with Gasteiger partial charge in [-0.05, 0) is 47.2 Å². The van der Waals surface area contributed by atoms with Gasteiger partial charge in [0.05, 0.1) is 12.9 Å². The molecule has 3 aromatic rings. The minimum atomic E-state index is -3.68. The Morgan fingerprint density at radius 1 is 1.03 bits per heavy atom. The predicted octanol–water partition coefficient (Wildman–Crippen LogP) is 3.45. The van der Waals surface area contributed by atoms with Crippen molar-refractivity contribution in [3.8, 4) is 5.75 Å². The van der Waals surface area contributed by atoms with Gasteiger partial charge in [-0.1, -0.05) is 30.3 Å². The number of benzene rings is 2. The van der Waals surface area contributed by atoms with Crippen LogP contribution in [0.15, 0.2) is 64.2 Å². The molecule has 0 atom stereocenters. The number of ether oxygens (including phenoxy) is 1. The summed E-state index contributed by atoms with van der Waals surface area (Å²) in [5.41, 5.74) is 2.78. The molecule has 1 aromatic heterocycles. The first-order chi connectivity index (χ1) is 14.8. The van der Waals surface area contributed by atoms with Crippen LogP contribution in [0.2, 0.25) is 0 Å². The Morgan fingerprint density at radius 2 is 1.84 bits per heavy atom. The normalized spacial score (nSPS) is 14.7. The number of hydrogen-bond donors (Lipinski definition) is 1. The van der Waals surface area contributed by atoms with Crippen molar-refractivity contribution >= 4 is 37.1 Å². The minimum Gasteiger partial charge on any atom is -0.496 e. The van der Waals surface area contributed by atoms with Gasteiger partial charge in [-0.2, -0.15) is 4.31 Å². The summed E-state index contributed by atoms with van der Waals surface area (Å²) in [6.07, 6.45) is 0.578. The maximum atomic E-state index is 12.8. The third-order valence-electron chi connectivity index (χ3n) is 5.08. The van der Waals surface area contributed by atoms with Crippen molar-refractivity contribution < 1.29 is 21.6 Å². The van der Waals surface area contributed by atoms with Crippen LogP contribution in [-0.2, 0) is 38.8 Å². The highest BCUT2D eigenvalue weighted by Crippen LogP contribution is 2.29. The van der Waals surface area contributed by atoms with Gasteiger partial charge in [0.25, 0.3) is 10.0 Å². The molecular formula is C21H22N2O5S3. The maximum Gasteiger partial charge on any atom is 0.252 e. The molecule has 10 heteroatoms. The number of sulfonamides is 2. The SMILES string of the molecule is COc1ccccc1CS(=O)(=O)Nc1ccc2c(c1)CN(S(=O)(=O)c1cccs1)CC2. The van der Waals surface area contributed by atoms with Gasteiger partial charge in [0.2, 0.25) is 10.0 Å². The van der Waals surface area contributed by atoms with Crippen molar-refractivity contribution in [2.24, 2.45) is 0 Å². The van der Waals surface area contributed by atoms with Crippen LogP contribution in [0.3, 0.4) is 0 Å². The first-order valence-electron chi connectivity index (χ1n) is 9.56. The largest absolute Gasteiger partial charge is 0.496 e. The topological polar surface area (TPSA) is 92.8 Å². The smallest absolute Gasteiger partial charge is 0.252 e. The standard InChI is InChI=1S/C21H22N2O5S3/c1-28-20-6-3-2-5-17(20)15-30(24,25)22-19-9-8-16-10-11-23(14-18(16)13-19)31(26,27)21-7-4-12-29-21/h2-9,12-13,22H,10-11,14-15H2,1H3. The number of thiophene rings is 1. The second kappa shape index (κ2) is 8.62. The van der Waals surface area contributed by atoms with Crippen LogP contribution >= 0.6 is 11.3 Å². The average molecular weight is 479 g/mol. The van der Waals surface area contributed by atoms with Gasteiger partial charge in [0.15, 0.2) is 0 Å². The van der Waals surface area contributed by atoms with E-state index in [2.05, 4.69) is 4.72 Å². The molecule has 0 aliphatic carbocycles. The van der Waals surface area contributed by atoms with E-state index < -0.39 is 20.0 Å². The predicted molar refractivity (Wildman–Crippen MR) is 121 cm³/mol. The Hall–Kier alpha value is -2.40. The molecule has 0 spiro atoms. The van der Waals surface area contributed by atoms with Gasteiger partial charge in [0, 0.05) is 24.3 Å².